The molecule has 0 saturated heterocycles. The summed E-state index contributed by atoms with van der Waals surface area (Å²) in [6, 6.07) is 6.57. The van der Waals surface area contributed by atoms with Gasteiger partial charge in [-0.2, -0.15) is 0 Å². The van der Waals surface area contributed by atoms with E-state index in [1.807, 2.05) is 0 Å². The Labute approximate surface area is 108 Å². The van der Waals surface area contributed by atoms with Crippen LogP contribution in [0.25, 0.3) is 10.9 Å². The van der Waals surface area contributed by atoms with E-state index in [0.717, 1.165) is 24.9 Å². The van der Waals surface area contributed by atoms with Crippen LogP contribution in [0.4, 0.5) is 5.69 Å². The van der Waals surface area contributed by atoms with Crippen LogP contribution in [0.3, 0.4) is 0 Å². The van der Waals surface area contributed by atoms with Crippen LogP contribution in [-0.2, 0) is 12.8 Å². The number of pyridine rings is 1. The highest BCUT2D eigenvalue weighted by Gasteiger charge is 2.19. The molecule has 1 aromatic heterocycles. The van der Waals surface area contributed by atoms with Gasteiger partial charge in [-0.05, 0) is 50.3 Å². The Bertz CT molecular complexity index is 587. The second kappa shape index (κ2) is 4.60. The van der Waals surface area contributed by atoms with Crippen molar-refractivity contribution in [3.05, 3.63) is 35.0 Å². The first-order chi connectivity index (χ1) is 8.79. The Morgan fingerprint density at radius 1 is 1.28 bits per heavy atom. The number of rotatable bonds is 3. The van der Waals surface area contributed by atoms with Crippen molar-refractivity contribution < 1.29 is 0 Å². The first-order valence-corrected chi connectivity index (χ1v) is 6.95. The van der Waals surface area contributed by atoms with Crippen LogP contribution in [-0.4, -0.2) is 11.5 Å². The normalized spacial score (nSPS) is 13.9. The van der Waals surface area contributed by atoms with Crippen molar-refractivity contribution in [2.24, 2.45) is 0 Å². The molecule has 2 aromatic rings. The molecule has 0 spiro atoms. The number of aryl methyl sites for hydroxylation is 2. The standard InChI is InChI=1S/C16H20N2/c1-3-9-17-16-12-5-4-6-14(12)18-15-8-7-11(2)10-13(15)16/h7-8,10H,3-6,9H2,1-2H3,(H,17,18). The lowest BCUT2D eigenvalue weighted by Crippen LogP contribution is -2.05. The second-order valence-electron chi connectivity index (χ2n) is 5.21. The molecule has 0 aliphatic heterocycles. The molecule has 0 fully saturated rings. The Kier molecular flexibility index (Phi) is 2.94. The van der Waals surface area contributed by atoms with Gasteiger partial charge in [0.15, 0.2) is 0 Å². The van der Waals surface area contributed by atoms with Gasteiger partial charge in [0.2, 0.25) is 0 Å². The van der Waals surface area contributed by atoms with Crippen molar-refractivity contribution in [1.29, 1.82) is 0 Å². The van der Waals surface area contributed by atoms with Crippen LogP contribution in [0.15, 0.2) is 18.2 Å². The van der Waals surface area contributed by atoms with Gasteiger partial charge in [-0.3, -0.25) is 4.98 Å². The van der Waals surface area contributed by atoms with E-state index >= 15 is 0 Å². The van der Waals surface area contributed by atoms with E-state index < -0.39 is 0 Å². The molecule has 0 atom stereocenters. The van der Waals surface area contributed by atoms with E-state index in [1.54, 1.807) is 0 Å². The van der Waals surface area contributed by atoms with Crippen LogP contribution in [0, 0.1) is 6.92 Å². The molecule has 0 radical (unpaired) electrons. The lowest BCUT2D eigenvalue weighted by Gasteiger charge is -2.14. The zero-order valence-electron chi connectivity index (χ0n) is 11.2. The van der Waals surface area contributed by atoms with Crippen LogP contribution >= 0.6 is 0 Å². The van der Waals surface area contributed by atoms with E-state index in [4.69, 9.17) is 4.98 Å². The van der Waals surface area contributed by atoms with Crippen LogP contribution < -0.4 is 5.32 Å². The molecule has 1 aromatic carbocycles. The number of fused-ring (bicyclic) bond motifs is 2. The van der Waals surface area contributed by atoms with Gasteiger partial charge in [0, 0.05) is 23.3 Å². The van der Waals surface area contributed by atoms with Crippen molar-refractivity contribution in [3.8, 4) is 0 Å². The van der Waals surface area contributed by atoms with Crippen molar-refractivity contribution >= 4 is 16.6 Å². The molecule has 94 valence electrons. The fourth-order valence-corrected chi connectivity index (χ4v) is 2.83. The number of anilines is 1. The van der Waals surface area contributed by atoms with E-state index in [0.29, 0.717) is 0 Å². The maximum Gasteiger partial charge on any atom is 0.0726 e. The summed E-state index contributed by atoms with van der Waals surface area (Å²) in [6.45, 7) is 5.40. The second-order valence-corrected chi connectivity index (χ2v) is 5.21. The lowest BCUT2D eigenvalue weighted by molar-refractivity contribution is 0.900. The van der Waals surface area contributed by atoms with Gasteiger partial charge in [-0.25, -0.2) is 0 Å². The highest BCUT2D eigenvalue weighted by atomic mass is 14.9. The Morgan fingerprint density at radius 2 is 2.17 bits per heavy atom. The molecule has 0 bridgehead atoms. The van der Waals surface area contributed by atoms with Crippen molar-refractivity contribution in [2.45, 2.75) is 39.5 Å². The summed E-state index contributed by atoms with van der Waals surface area (Å²) in [4.78, 5) is 4.83. The topological polar surface area (TPSA) is 24.9 Å². The number of aromatic nitrogens is 1. The average molecular weight is 240 g/mol. The molecule has 0 saturated carbocycles. The lowest BCUT2D eigenvalue weighted by atomic mass is 10.0. The summed E-state index contributed by atoms with van der Waals surface area (Å²) in [5, 5.41) is 4.92. The van der Waals surface area contributed by atoms with E-state index in [9.17, 15) is 0 Å². The fourth-order valence-electron chi connectivity index (χ4n) is 2.83. The van der Waals surface area contributed by atoms with E-state index in [1.165, 1.54) is 40.7 Å². The maximum atomic E-state index is 4.83. The quantitative estimate of drug-likeness (QED) is 0.881. The summed E-state index contributed by atoms with van der Waals surface area (Å²) in [6.07, 6.45) is 4.72. The minimum atomic E-state index is 1.04. The minimum absolute atomic E-state index is 1.04. The number of hydrogen-bond donors (Lipinski definition) is 1. The smallest absolute Gasteiger partial charge is 0.0726 e. The summed E-state index contributed by atoms with van der Waals surface area (Å²) >= 11 is 0. The molecule has 1 heterocycles. The van der Waals surface area contributed by atoms with Gasteiger partial charge in [0.25, 0.3) is 0 Å². The molecule has 1 aliphatic carbocycles. The van der Waals surface area contributed by atoms with Crippen LogP contribution in [0.5, 0.6) is 0 Å². The van der Waals surface area contributed by atoms with Gasteiger partial charge < -0.3 is 5.32 Å². The number of nitrogens with zero attached hydrogens (tertiary/aromatic N) is 1. The van der Waals surface area contributed by atoms with Crippen molar-refractivity contribution in [3.63, 3.8) is 0 Å². The molecule has 1 N–H and O–H groups in total. The molecular weight excluding hydrogens is 220 g/mol. The predicted molar refractivity (Wildman–Crippen MR) is 77.3 cm³/mol. The highest BCUT2D eigenvalue weighted by molar-refractivity contribution is 5.94. The van der Waals surface area contributed by atoms with Crippen LogP contribution in [0.1, 0.15) is 36.6 Å². The fraction of sp³-hybridized carbons (Fsp3) is 0.438. The Morgan fingerprint density at radius 3 is 3.00 bits per heavy atom. The number of benzene rings is 1. The van der Waals surface area contributed by atoms with Crippen molar-refractivity contribution in [1.82, 2.24) is 4.98 Å². The number of nitrogens with one attached hydrogen (secondary N) is 1. The Balaban J connectivity index is 2.22. The third-order valence-corrected chi connectivity index (χ3v) is 3.72. The van der Waals surface area contributed by atoms with Crippen molar-refractivity contribution in [2.75, 3.05) is 11.9 Å². The largest absolute Gasteiger partial charge is 0.384 e. The molecule has 0 amide bonds. The SMILES string of the molecule is CCCNc1c2c(nc3ccc(C)cc13)CCC2. The average Bonchev–Trinajstić information content (AvgIpc) is 2.82. The molecule has 18 heavy (non-hydrogen) atoms. The Hall–Kier alpha value is -1.57. The van der Waals surface area contributed by atoms with Gasteiger partial charge in [-0.15, -0.1) is 0 Å². The first-order valence-electron chi connectivity index (χ1n) is 6.95. The molecule has 2 heteroatoms. The third-order valence-electron chi connectivity index (χ3n) is 3.72. The monoisotopic (exact) mass is 240 g/mol. The zero-order chi connectivity index (χ0) is 12.5. The molecule has 3 rings (SSSR count). The van der Waals surface area contributed by atoms with E-state index in [-0.39, 0.29) is 0 Å². The summed E-state index contributed by atoms with van der Waals surface area (Å²) in [7, 11) is 0. The number of hydrogen-bond acceptors (Lipinski definition) is 2. The van der Waals surface area contributed by atoms with Gasteiger partial charge >= 0.3 is 0 Å². The van der Waals surface area contributed by atoms with Gasteiger partial charge in [-0.1, -0.05) is 18.6 Å². The highest BCUT2D eigenvalue weighted by Crippen LogP contribution is 2.34. The third kappa shape index (κ3) is 1.86. The first kappa shape index (κ1) is 11.5. The predicted octanol–water partition coefficient (Wildman–Crippen LogP) is 3.85. The molecular formula is C16H20N2. The summed E-state index contributed by atoms with van der Waals surface area (Å²) in [5.74, 6) is 0. The summed E-state index contributed by atoms with van der Waals surface area (Å²) < 4.78 is 0. The van der Waals surface area contributed by atoms with E-state index in [2.05, 4.69) is 37.4 Å². The molecule has 2 nitrogen and oxygen atoms in total. The molecule has 1 aliphatic rings. The molecule has 0 unspecified atom stereocenters. The maximum absolute atomic E-state index is 4.83. The van der Waals surface area contributed by atoms with Gasteiger partial charge in [0.1, 0.15) is 0 Å². The minimum Gasteiger partial charge on any atom is -0.384 e. The van der Waals surface area contributed by atoms with Gasteiger partial charge in [0.05, 0.1) is 5.52 Å². The zero-order valence-corrected chi connectivity index (χ0v) is 11.2. The summed E-state index contributed by atoms with van der Waals surface area (Å²) in [5.41, 5.74) is 6.56. The van der Waals surface area contributed by atoms with Crippen LogP contribution in [0.2, 0.25) is 0 Å².